The monoisotopic (exact) mass is 310 g/mol. The summed E-state index contributed by atoms with van der Waals surface area (Å²) in [5.74, 6) is 0.887. The Balaban J connectivity index is 0.00000220. The minimum atomic E-state index is 0. The van der Waals surface area contributed by atoms with Crippen LogP contribution in [0.1, 0.15) is 44.7 Å². The Morgan fingerprint density at radius 3 is 2.33 bits per heavy atom. The molecule has 0 unspecified atom stereocenters. The molecule has 1 amide bonds. The zero-order valence-electron chi connectivity index (χ0n) is 13.2. The lowest BCUT2D eigenvalue weighted by atomic mass is 9.87. The lowest BCUT2D eigenvalue weighted by Crippen LogP contribution is -2.34. The van der Waals surface area contributed by atoms with Gasteiger partial charge in [-0.2, -0.15) is 0 Å². The molecule has 1 saturated carbocycles. The number of benzene rings is 1. The van der Waals surface area contributed by atoms with Crippen LogP contribution in [0.5, 0.6) is 0 Å². The number of halogens is 1. The van der Waals surface area contributed by atoms with Gasteiger partial charge in [-0.05, 0) is 41.8 Å². The molecule has 1 aliphatic carbocycles. The summed E-state index contributed by atoms with van der Waals surface area (Å²) in [5.41, 5.74) is 2.64. The van der Waals surface area contributed by atoms with E-state index in [2.05, 4.69) is 55.7 Å². The molecule has 1 fully saturated rings. The van der Waals surface area contributed by atoms with E-state index >= 15 is 0 Å². The minimum absolute atomic E-state index is 0. The smallest absolute Gasteiger partial charge is 0.234 e. The predicted molar refractivity (Wildman–Crippen MR) is 89.8 cm³/mol. The van der Waals surface area contributed by atoms with E-state index in [1.807, 2.05) is 0 Å². The molecule has 0 aliphatic heterocycles. The Kier molecular flexibility index (Phi) is 6.69. The van der Waals surface area contributed by atoms with Gasteiger partial charge in [0.2, 0.25) is 5.91 Å². The molecule has 0 aromatic heterocycles. The van der Waals surface area contributed by atoms with Gasteiger partial charge in [0.25, 0.3) is 0 Å². The van der Waals surface area contributed by atoms with Crippen LogP contribution >= 0.6 is 12.4 Å². The predicted octanol–water partition coefficient (Wildman–Crippen LogP) is 3.02. The topological polar surface area (TPSA) is 41.1 Å². The summed E-state index contributed by atoms with van der Waals surface area (Å²) in [7, 11) is 0. The fourth-order valence-electron chi connectivity index (χ4n) is 2.10. The van der Waals surface area contributed by atoms with Crippen molar-refractivity contribution in [3.05, 3.63) is 35.4 Å². The maximum absolute atomic E-state index is 11.7. The zero-order chi connectivity index (χ0) is 14.6. The highest BCUT2D eigenvalue weighted by Crippen LogP contribution is 2.27. The molecule has 118 valence electrons. The van der Waals surface area contributed by atoms with Crippen molar-refractivity contribution in [1.82, 2.24) is 10.6 Å². The lowest BCUT2D eigenvalue weighted by Gasteiger charge is -2.19. The number of amides is 1. The van der Waals surface area contributed by atoms with Crippen LogP contribution in [0.25, 0.3) is 0 Å². The van der Waals surface area contributed by atoms with Crippen molar-refractivity contribution in [2.45, 2.75) is 45.6 Å². The van der Waals surface area contributed by atoms with Gasteiger partial charge in [0.05, 0.1) is 6.54 Å². The molecule has 4 heteroatoms. The number of hydrogen-bond acceptors (Lipinski definition) is 2. The van der Waals surface area contributed by atoms with E-state index in [1.54, 1.807) is 0 Å². The second-order valence-electron chi connectivity index (χ2n) is 6.80. The highest BCUT2D eigenvalue weighted by Gasteiger charge is 2.20. The molecule has 0 spiro atoms. The molecule has 0 heterocycles. The highest BCUT2D eigenvalue weighted by molar-refractivity contribution is 5.85. The van der Waals surface area contributed by atoms with Crippen molar-refractivity contribution in [3.63, 3.8) is 0 Å². The summed E-state index contributed by atoms with van der Waals surface area (Å²) < 4.78 is 0. The summed E-state index contributed by atoms with van der Waals surface area (Å²) in [6.07, 6.45) is 2.63. The summed E-state index contributed by atoms with van der Waals surface area (Å²) in [6.45, 7) is 8.62. The second kappa shape index (κ2) is 7.81. The van der Waals surface area contributed by atoms with Crippen LogP contribution in [0.3, 0.4) is 0 Å². The van der Waals surface area contributed by atoms with E-state index in [0.29, 0.717) is 13.1 Å². The van der Waals surface area contributed by atoms with Crippen molar-refractivity contribution in [1.29, 1.82) is 0 Å². The summed E-state index contributed by atoms with van der Waals surface area (Å²) in [4.78, 5) is 11.7. The first-order valence-electron chi connectivity index (χ1n) is 7.52. The SMILES string of the molecule is CC(C)(C)c1ccc(CNC(=O)CNCC2CC2)cc1.Cl. The van der Waals surface area contributed by atoms with E-state index < -0.39 is 0 Å². The van der Waals surface area contributed by atoms with Gasteiger partial charge in [0, 0.05) is 6.54 Å². The van der Waals surface area contributed by atoms with Gasteiger partial charge in [-0.25, -0.2) is 0 Å². The van der Waals surface area contributed by atoms with Crippen LogP contribution in [0.4, 0.5) is 0 Å². The van der Waals surface area contributed by atoms with Crippen LogP contribution in [0.2, 0.25) is 0 Å². The Bertz CT molecular complexity index is 447. The van der Waals surface area contributed by atoms with Gasteiger partial charge in [-0.15, -0.1) is 12.4 Å². The summed E-state index contributed by atoms with van der Waals surface area (Å²) in [6, 6.07) is 8.48. The minimum Gasteiger partial charge on any atom is -0.351 e. The molecule has 1 aromatic rings. The normalized spacial score (nSPS) is 14.4. The maximum atomic E-state index is 11.7. The van der Waals surface area contributed by atoms with Crippen molar-refractivity contribution in [3.8, 4) is 0 Å². The largest absolute Gasteiger partial charge is 0.351 e. The van der Waals surface area contributed by atoms with Crippen LogP contribution < -0.4 is 10.6 Å². The van der Waals surface area contributed by atoms with Crippen LogP contribution in [-0.2, 0) is 16.8 Å². The van der Waals surface area contributed by atoms with Gasteiger partial charge < -0.3 is 10.6 Å². The maximum Gasteiger partial charge on any atom is 0.234 e. The van der Waals surface area contributed by atoms with Crippen LogP contribution in [-0.4, -0.2) is 19.0 Å². The number of carbonyl (C=O) groups is 1. The van der Waals surface area contributed by atoms with Gasteiger partial charge in [-0.1, -0.05) is 45.0 Å². The Hall–Kier alpha value is -1.06. The molecule has 0 bridgehead atoms. The van der Waals surface area contributed by atoms with Gasteiger partial charge in [0.1, 0.15) is 0 Å². The van der Waals surface area contributed by atoms with Crippen LogP contribution in [0, 0.1) is 5.92 Å². The van der Waals surface area contributed by atoms with E-state index in [9.17, 15) is 4.79 Å². The molecule has 21 heavy (non-hydrogen) atoms. The van der Waals surface area contributed by atoms with Crippen molar-refractivity contribution in [2.24, 2.45) is 5.92 Å². The number of nitrogens with one attached hydrogen (secondary N) is 2. The standard InChI is InChI=1S/C17H26N2O.ClH/c1-17(2,3)15-8-6-14(7-9-15)11-19-16(20)12-18-10-13-4-5-13;/h6-9,13,18H,4-5,10-12H2,1-3H3,(H,19,20);1H. The summed E-state index contributed by atoms with van der Waals surface area (Å²) >= 11 is 0. The van der Waals surface area contributed by atoms with E-state index in [1.165, 1.54) is 18.4 Å². The highest BCUT2D eigenvalue weighted by atomic mass is 35.5. The van der Waals surface area contributed by atoms with E-state index in [4.69, 9.17) is 0 Å². The van der Waals surface area contributed by atoms with E-state index in [-0.39, 0.29) is 23.7 Å². The molecule has 0 radical (unpaired) electrons. The molecule has 2 N–H and O–H groups in total. The van der Waals surface area contributed by atoms with Gasteiger partial charge in [0.15, 0.2) is 0 Å². The van der Waals surface area contributed by atoms with Crippen molar-refractivity contribution in [2.75, 3.05) is 13.1 Å². The second-order valence-corrected chi connectivity index (χ2v) is 6.80. The van der Waals surface area contributed by atoms with Crippen molar-refractivity contribution < 1.29 is 4.79 Å². The zero-order valence-corrected chi connectivity index (χ0v) is 14.1. The molecule has 2 rings (SSSR count). The first kappa shape index (κ1) is 18.0. The average Bonchev–Trinajstić information content (AvgIpc) is 3.20. The summed E-state index contributed by atoms with van der Waals surface area (Å²) in [5, 5.41) is 6.15. The molecule has 1 aromatic carbocycles. The molecule has 3 nitrogen and oxygen atoms in total. The first-order chi connectivity index (χ1) is 9.45. The molecule has 0 atom stereocenters. The first-order valence-corrected chi connectivity index (χ1v) is 7.52. The fraction of sp³-hybridized carbons (Fsp3) is 0.588. The molecule has 1 aliphatic rings. The third-order valence-electron chi connectivity index (χ3n) is 3.73. The number of hydrogen-bond donors (Lipinski definition) is 2. The molecule has 0 saturated heterocycles. The quantitative estimate of drug-likeness (QED) is 0.848. The fourth-order valence-corrected chi connectivity index (χ4v) is 2.10. The lowest BCUT2D eigenvalue weighted by molar-refractivity contribution is -0.120. The van der Waals surface area contributed by atoms with Crippen molar-refractivity contribution >= 4 is 18.3 Å². The van der Waals surface area contributed by atoms with E-state index in [0.717, 1.165) is 18.0 Å². The average molecular weight is 311 g/mol. The Labute approximate surface area is 134 Å². The van der Waals surface area contributed by atoms with Gasteiger partial charge >= 0.3 is 0 Å². The Morgan fingerprint density at radius 1 is 1.19 bits per heavy atom. The molecular formula is C17H27ClN2O. The van der Waals surface area contributed by atoms with Gasteiger partial charge in [-0.3, -0.25) is 4.79 Å². The number of carbonyl (C=O) groups excluding carboxylic acids is 1. The van der Waals surface area contributed by atoms with Crippen LogP contribution in [0.15, 0.2) is 24.3 Å². The third-order valence-corrected chi connectivity index (χ3v) is 3.73. The Morgan fingerprint density at radius 2 is 1.81 bits per heavy atom. The number of rotatable bonds is 6. The molecular weight excluding hydrogens is 284 g/mol. The third kappa shape index (κ3) is 6.49.